The number of nitrogens with zero attached hydrogens (tertiary/aromatic N) is 3. The molecule has 1 amide bonds. The first-order valence-corrected chi connectivity index (χ1v) is 8.38. The molecular formula is C17H14N4O3S. The highest BCUT2D eigenvalue weighted by atomic mass is 32.2. The van der Waals surface area contributed by atoms with Gasteiger partial charge in [-0.25, -0.2) is 0 Å². The van der Waals surface area contributed by atoms with E-state index in [1.54, 1.807) is 48.8 Å². The molecule has 0 bridgehead atoms. The van der Waals surface area contributed by atoms with Crippen molar-refractivity contribution in [2.24, 2.45) is 0 Å². The Balaban J connectivity index is 1.59. The Morgan fingerprint density at radius 2 is 1.80 bits per heavy atom. The summed E-state index contributed by atoms with van der Waals surface area (Å²) < 4.78 is 5.53. The molecule has 126 valence electrons. The summed E-state index contributed by atoms with van der Waals surface area (Å²) in [7, 11) is 0. The standard InChI is InChI=1S/C17H14N4O3S/c1-11(22)19-14-4-2-12(3-5-14)15(23)10-25-17-21-20-16(24-17)13-6-8-18-9-7-13/h2-9H,10H2,1H3,(H,19,22). The molecule has 0 radical (unpaired) electrons. The van der Waals surface area contributed by atoms with Crippen molar-refractivity contribution < 1.29 is 14.0 Å². The van der Waals surface area contributed by atoms with Crippen LogP contribution in [-0.2, 0) is 4.79 Å². The summed E-state index contributed by atoms with van der Waals surface area (Å²) in [5.41, 5.74) is 1.97. The average molecular weight is 354 g/mol. The molecule has 25 heavy (non-hydrogen) atoms. The fourth-order valence-corrected chi connectivity index (χ4v) is 2.69. The maximum absolute atomic E-state index is 12.2. The molecule has 0 aliphatic carbocycles. The van der Waals surface area contributed by atoms with Crippen molar-refractivity contribution in [3.63, 3.8) is 0 Å². The smallest absolute Gasteiger partial charge is 0.277 e. The van der Waals surface area contributed by atoms with Gasteiger partial charge < -0.3 is 9.73 Å². The zero-order valence-electron chi connectivity index (χ0n) is 13.3. The summed E-state index contributed by atoms with van der Waals surface area (Å²) in [6, 6.07) is 10.3. The molecule has 0 fully saturated rings. The molecule has 0 unspecified atom stereocenters. The number of Topliss-reactive ketones (excluding diaryl/α,β-unsaturated/α-hetero) is 1. The number of nitrogens with one attached hydrogen (secondary N) is 1. The van der Waals surface area contributed by atoms with E-state index in [4.69, 9.17) is 4.42 Å². The highest BCUT2D eigenvalue weighted by Gasteiger charge is 2.12. The molecule has 1 N–H and O–H groups in total. The predicted octanol–water partition coefficient (Wildman–Crippen LogP) is 3.07. The van der Waals surface area contributed by atoms with E-state index in [0.717, 1.165) is 5.56 Å². The topological polar surface area (TPSA) is 98.0 Å². The second kappa shape index (κ2) is 7.71. The Bertz CT molecular complexity index is 878. The van der Waals surface area contributed by atoms with Gasteiger partial charge in [-0.3, -0.25) is 14.6 Å². The van der Waals surface area contributed by atoms with E-state index in [1.807, 2.05) is 0 Å². The van der Waals surface area contributed by atoms with Crippen molar-refractivity contribution in [1.82, 2.24) is 15.2 Å². The van der Waals surface area contributed by atoms with Gasteiger partial charge >= 0.3 is 0 Å². The van der Waals surface area contributed by atoms with Crippen LogP contribution in [0.3, 0.4) is 0 Å². The number of ketones is 1. The zero-order valence-corrected chi connectivity index (χ0v) is 14.1. The number of amides is 1. The van der Waals surface area contributed by atoms with Crippen molar-refractivity contribution in [2.75, 3.05) is 11.1 Å². The van der Waals surface area contributed by atoms with Crippen LogP contribution in [0.1, 0.15) is 17.3 Å². The largest absolute Gasteiger partial charge is 0.411 e. The molecule has 0 spiro atoms. The molecule has 0 aliphatic rings. The average Bonchev–Trinajstić information content (AvgIpc) is 3.10. The number of aromatic nitrogens is 3. The van der Waals surface area contributed by atoms with Crippen molar-refractivity contribution in [3.05, 3.63) is 54.4 Å². The third-order valence-corrected chi connectivity index (χ3v) is 4.01. The number of pyridine rings is 1. The molecule has 0 atom stereocenters. The van der Waals surface area contributed by atoms with Gasteiger partial charge in [0.25, 0.3) is 5.22 Å². The summed E-state index contributed by atoms with van der Waals surface area (Å²) >= 11 is 1.18. The molecule has 2 aromatic heterocycles. The van der Waals surface area contributed by atoms with Crippen molar-refractivity contribution in [3.8, 4) is 11.5 Å². The van der Waals surface area contributed by atoms with E-state index in [0.29, 0.717) is 22.4 Å². The van der Waals surface area contributed by atoms with Crippen LogP contribution in [0.5, 0.6) is 0 Å². The number of carbonyl (C=O) groups excluding carboxylic acids is 2. The molecule has 0 saturated carbocycles. The molecule has 8 heteroatoms. The van der Waals surface area contributed by atoms with E-state index in [-0.39, 0.29) is 17.4 Å². The van der Waals surface area contributed by atoms with E-state index >= 15 is 0 Å². The first-order valence-electron chi connectivity index (χ1n) is 7.39. The van der Waals surface area contributed by atoms with E-state index < -0.39 is 0 Å². The minimum atomic E-state index is -0.156. The Hall–Kier alpha value is -3.00. The second-order valence-corrected chi connectivity index (χ2v) is 6.01. The zero-order chi connectivity index (χ0) is 17.6. The molecule has 2 heterocycles. The summed E-state index contributed by atoms with van der Waals surface area (Å²) in [6.07, 6.45) is 3.28. The maximum atomic E-state index is 12.2. The molecule has 3 rings (SSSR count). The van der Waals surface area contributed by atoms with Gasteiger partial charge in [-0.2, -0.15) is 0 Å². The second-order valence-electron chi connectivity index (χ2n) is 5.08. The maximum Gasteiger partial charge on any atom is 0.277 e. The lowest BCUT2D eigenvalue weighted by atomic mass is 10.1. The quantitative estimate of drug-likeness (QED) is 0.536. The Morgan fingerprint density at radius 1 is 1.08 bits per heavy atom. The summed E-state index contributed by atoms with van der Waals surface area (Å²) in [5.74, 6) is 0.341. The lowest BCUT2D eigenvalue weighted by Gasteiger charge is -2.03. The van der Waals surface area contributed by atoms with Gasteiger partial charge in [0.05, 0.1) is 5.75 Å². The SMILES string of the molecule is CC(=O)Nc1ccc(C(=O)CSc2nnc(-c3ccncc3)o2)cc1. The van der Waals surface area contributed by atoms with Gasteiger partial charge in [0.1, 0.15) is 0 Å². The number of anilines is 1. The van der Waals surface area contributed by atoms with Crippen LogP contribution in [0.4, 0.5) is 5.69 Å². The first-order chi connectivity index (χ1) is 12.1. The number of rotatable bonds is 6. The number of hydrogen-bond acceptors (Lipinski definition) is 7. The Morgan fingerprint density at radius 3 is 2.48 bits per heavy atom. The van der Waals surface area contributed by atoms with Crippen LogP contribution in [0.15, 0.2) is 58.4 Å². The summed E-state index contributed by atoms with van der Waals surface area (Å²) in [4.78, 5) is 27.1. The Kier molecular flexibility index (Phi) is 5.20. The lowest BCUT2D eigenvalue weighted by Crippen LogP contribution is -2.07. The van der Waals surface area contributed by atoms with Gasteiger partial charge in [0.15, 0.2) is 5.78 Å². The van der Waals surface area contributed by atoms with Crippen LogP contribution < -0.4 is 5.32 Å². The summed E-state index contributed by atoms with van der Waals surface area (Å²) in [6.45, 7) is 1.43. The Labute approximate surface area is 147 Å². The molecule has 1 aromatic carbocycles. The van der Waals surface area contributed by atoms with Gasteiger partial charge in [-0.1, -0.05) is 11.8 Å². The molecule has 0 saturated heterocycles. The lowest BCUT2D eigenvalue weighted by molar-refractivity contribution is -0.114. The van der Waals surface area contributed by atoms with Gasteiger partial charge in [-0.15, -0.1) is 10.2 Å². The minimum Gasteiger partial charge on any atom is -0.411 e. The summed E-state index contributed by atoms with van der Waals surface area (Å²) in [5, 5.41) is 10.9. The fraction of sp³-hybridized carbons (Fsp3) is 0.118. The molecule has 3 aromatic rings. The van der Waals surface area contributed by atoms with Crippen molar-refractivity contribution in [1.29, 1.82) is 0 Å². The van der Waals surface area contributed by atoms with E-state index in [2.05, 4.69) is 20.5 Å². The number of carbonyl (C=O) groups is 2. The molecular weight excluding hydrogens is 340 g/mol. The van der Waals surface area contributed by atoms with Gasteiger partial charge in [-0.05, 0) is 36.4 Å². The number of thioether (sulfide) groups is 1. The number of benzene rings is 1. The van der Waals surface area contributed by atoms with Gasteiger partial charge in [0.2, 0.25) is 11.8 Å². The van der Waals surface area contributed by atoms with Gasteiger partial charge in [0, 0.05) is 36.1 Å². The first kappa shape index (κ1) is 16.8. The van der Waals surface area contributed by atoms with Crippen molar-refractivity contribution in [2.45, 2.75) is 12.1 Å². The van der Waals surface area contributed by atoms with Crippen LogP contribution in [0.2, 0.25) is 0 Å². The van der Waals surface area contributed by atoms with Crippen molar-refractivity contribution >= 4 is 29.1 Å². The van der Waals surface area contributed by atoms with Crippen LogP contribution in [-0.4, -0.2) is 32.6 Å². The molecule has 7 nitrogen and oxygen atoms in total. The monoisotopic (exact) mass is 354 g/mol. The fourth-order valence-electron chi connectivity index (χ4n) is 2.03. The van der Waals surface area contributed by atoms with E-state index in [9.17, 15) is 9.59 Å². The minimum absolute atomic E-state index is 0.0666. The predicted molar refractivity (Wildman–Crippen MR) is 93.3 cm³/mol. The third-order valence-electron chi connectivity index (χ3n) is 3.19. The normalized spacial score (nSPS) is 10.4. The van der Waals surface area contributed by atoms with Crippen LogP contribution >= 0.6 is 11.8 Å². The highest BCUT2D eigenvalue weighted by molar-refractivity contribution is 7.99. The molecule has 0 aliphatic heterocycles. The van der Waals surface area contributed by atoms with E-state index in [1.165, 1.54) is 18.7 Å². The number of hydrogen-bond donors (Lipinski definition) is 1. The highest BCUT2D eigenvalue weighted by Crippen LogP contribution is 2.23. The third kappa shape index (κ3) is 4.51. The van der Waals surface area contributed by atoms with Crippen LogP contribution in [0, 0.1) is 0 Å². The van der Waals surface area contributed by atoms with Crippen LogP contribution in [0.25, 0.3) is 11.5 Å².